The normalized spacial score (nSPS) is 10.2. The van der Waals surface area contributed by atoms with E-state index in [0.717, 1.165) is 22.9 Å². The topological polar surface area (TPSA) is 125 Å². The van der Waals surface area contributed by atoms with E-state index in [-0.39, 0.29) is 16.9 Å². The zero-order valence-electron chi connectivity index (χ0n) is 11.0. The van der Waals surface area contributed by atoms with E-state index in [4.69, 9.17) is 0 Å². The lowest BCUT2D eigenvalue weighted by molar-refractivity contribution is -0.385. The number of hydrogen-bond donors (Lipinski definition) is 0. The van der Waals surface area contributed by atoms with Crippen molar-refractivity contribution < 1.29 is 14.6 Å². The van der Waals surface area contributed by atoms with Gasteiger partial charge in [-0.1, -0.05) is 0 Å². The molecule has 9 heteroatoms. The Balaban J connectivity index is 2.25. The molecular weight excluding hydrogens is 294 g/mol. The van der Waals surface area contributed by atoms with Crippen molar-refractivity contribution in [1.29, 1.82) is 0 Å². The van der Waals surface area contributed by atoms with Gasteiger partial charge in [-0.3, -0.25) is 29.8 Å². The van der Waals surface area contributed by atoms with Crippen LogP contribution in [0.2, 0.25) is 0 Å². The molecule has 0 spiro atoms. The van der Waals surface area contributed by atoms with E-state index in [2.05, 4.69) is 0 Å². The van der Waals surface area contributed by atoms with Crippen molar-refractivity contribution in [3.05, 3.63) is 78.7 Å². The minimum Gasteiger partial charge on any atom is -0.301 e. The van der Waals surface area contributed by atoms with Crippen molar-refractivity contribution in [3.8, 4) is 0 Å². The summed E-state index contributed by atoms with van der Waals surface area (Å²) in [5, 5.41) is 21.2. The van der Waals surface area contributed by atoms with Crippen LogP contribution in [0.1, 0.15) is 10.4 Å². The second-order valence-electron chi connectivity index (χ2n) is 4.34. The van der Waals surface area contributed by atoms with Crippen LogP contribution < -0.4 is 5.56 Å². The summed E-state index contributed by atoms with van der Waals surface area (Å²) >= 11 is 0. The number of pyridine rings is 1. The van der Waals surface area contributed by atoms with Crippen molar-refractivity contribution in [2.45, 2.75) is 6.54 Å². The number of nitro groups is 2. The molecule has 2 aromatic rings. The molecule has 1 aromatic heterocycles. The predicted octanol–water partition coefficient (Wildman–Crippen LogP) is 1.55. The summed E-state index contributed by atoms with van der Waals surface area (Å²) in [4.78, 5) is 43.6. The molecule has 0 saturated carbocycles. The second-order valence-corrected chi connectivity index (χ2v) is 4.34. The lowest BCUT2D eigenvalue weighted by Gasteiger charge is -2.04. The van der Waals surface area contributed by atoms with E-state index in [9.17, 15) is 29.8 Å². The molecule has 0 aliphatic heterocycles. The molecule has 0 bridgehead atoms. The Kier molecular flexibility index (Phi) is 4.07. The van der Waals surface area contributed by atoms with Crippen LogP contribution in [0.5, 0.6) is 0 Å². The highest BCUT2D eigenvalue weighted by Gasteiger charge is 2.13. The number of non-ortho nitro benzene ring substituents is 1. The molecule has 0 aliphatic rings. The van der Waals surface area contributed by atoms with Gasteiger partial charge in [0.15, 0.2) is 5.78 Å². The monoisotopic (exact) mass is 303 g/mol. The number of carbonyl (C=O) groups is 1. The van der Waals surface area contributed by atoms with Crippen molar-refractivity contribution in [1.82, 2.24) is 4.57 Å². The number of aromatic nitrogens is 1. The number of nitrogens with zero attached hydrogens (tertiary/aromatic N) is 3. The van der Waals surface area contributed by atoms with Gasteiger partial charge in [0.2, 0.25) is 0 Å². The molecule has 0 atom stereocenters. The summed E-state index contributed by atoms with van der Waals surface area (Å²) in [6, 6.07) is 6.93. The van der Waals surface area contributed by atoms with E-state index in [1.807, 2.05) is 0 Å². The number of benzene rings is 1. The van der Waals surface area contributed by atoms with E-state index >= 15 is 0 Å². The molecule has 1 aromatic carbocycles. The third-order valence-electron chi connectivity index (χ3n) is 2.89. The van der Waals surface area contributed by atoms with Crippen molar-refractivity contribution in [2.24, 2.45) is 0 Å². The second kappa shape index (κ2) is 5.95. The number of hydrogen-bond acceptors (Lipinski definition) is 6. The van der Waals surface area contributed by atoms with Crippen LogP contribution in [-0.4, -0.2) is 20.2 Å². The van der Waals surface area contributed by atoms with Gasteiger partial charge in [0.05, 0.1) is 22.6 Å². The van der Waals surface area contributed by atoms with Crippen LogP contribution in [0.3, 0.4) is 0 Å². The van der Waals surface area contributed by atoms with E-state index in [0.29, 0.717) is 0 Å². The van der Waals surface area contributed by atoms with Crippen molar-refractivity contribution >= 4 is 17.2 Å². The maximum absolute atomic E-state index is 12.0. The first-order chi connectivity index (χ1) is 10.4. The fourth-order valence-electron chi connectivity index (χ4n) is 1.77. The molecule has 0 amide bonds. The predicted molar refractivity (Wildman–Crippen MR) is 74.8 cm³/mol. The van der Waals surface area contributed by atoms with Crippen LogP contribution in [0.15, 0.2) is 47.4 Å². The summed E-state index contributed by atoms with van der Waals surface area (Å²) < 4.78 is 0.919. The van der Waals surface area contributed by atoms with Gasteiger partial charge in [-0.2, -0.15) is 0 Å². The molecule has 0 aliphatic carbocycles. The molecule has 22 heavy (non-hydrogen) atoms. The first-order valence-electron chi connectivity index (χ1n) is 6.01. The Morgan fingerprint density at radius 2 is 1.50 bits per heavy atom. The number of rotatable bonds is 5. The first-order valence-corrected chi connectivity index (χ1v) is 6.01. The van der Waals surface area contributed by atoms with Crippen LogP contribution in [0.4, 0.5) is 11.4 Å². The van der Waals surface area contributed by atoms with E-state index in [1.54, 1.807) is 0 Å². The molecule has 112 valence electrons. The Morgan fingerprint density at radius 3 is 2.05 bits per heavy atom. The number of carbonyl (C=O) groups excluding carboxylic acids is 1. The number of ketones is 1. The molecule has 0 N–H and O–H groups in total. The van der Waals surface area contributed by atoms with E-state index in [1.165, 1.54) is 24.3 Å². The van der Waals surface area contributed by atoms with Gasteiger partial charge < -0.3 is 4.57 Å². The lowest BCUT2D eigenvalue weighted by atomic mass is 10.1. The van der Waals surface area contributed by atoms with Gasteiger partial charge in [-0.05, 0) is 12.1 Å². The van der Waals surface area contributed by atoms with E-state index < -0.39 is 27.7 Å². The van der Waals surface area contributed by atoms with Gasteiger partial charge in [0.25, 0.3) is 16.9 Å². The quantitative estimate of drug-likeness (QED) is 0.468. The minimum atomic E-state index is -0.674. The third kappa shape index (κ3) is 3.20. The Labute approximate surface area is 122 Å². The fourth-order valence-corrected chi connectivity index (χ4v) is 1.77. The Morgan fingerprint density at radius 1 is 0.955 bits per heavy atom. The van der Waals surface area contributed by atoms with Gasteiger partial charge >= 0.3 is 0 Å². The first kappa shape index (κ1) is 15.0. The summed E-state index contributed by atoms with van der Waals surface area (Å²) in [7, 11) is 0. The van der Waals surface area contributed by atoms with Gasteiger partial charge in [-0.15, -0.1) is 0 Å². The lowest BCUT2D eigenvalue weighted by Crippen LogP contribution is -2.23. The van der Waals surface area contributed by atoms with Crippen LogP contribution in [0.25, 0.3) is 0 Å². The standard InChI is InChI=1S/C13H9N3O6/c17-12(9-1-3-10(4-2-9)15(19)20)8-14-7-11(16(21)22)5-6-13(14)18/h1-7H,8H2. The summed E-state index contributed by atoms with van der Waals surface area (Å²) in [6.45, 7) is -0.391. The molecular formula is C13H9N3O6. The average molecular weight is 303 g/mol. The highest BCUT2D eigenvalue weighted by molar-refractivity contribution is 5.96. The highest BCUT2D eigenvalue weighted by atomic mass is 16.6. The van der Waals surface area contributed by atoms with Gasteiger partial charge in [0.1, 0.15) is 0 Å². The Bertz CT molecular complexity index is 809. The van der Waals surface area contributed by atoms with Crippen LogP contribution >= 0.6 is 0 Å². The Hall–Kier alpha value is -3.36. The maximum atomic E-state index is 12.0. The molecule has 0 saturated heterocycles. The van der Waals surface area contributed by atoms with Gasteiger partial charge in [0, 0.05) is 29.8 Å². The van der Waals surface area contributed by atoms with Gasteiger partial charge in [-0.25, -0.2) is 0 Å². The molecule has 9 nitrogen and oxygen atoms in total. The van der Waals surface area contributed by atoms with Crippen LogP contribution in [-0.2, 0) is 6.54 Å². The molecule has 0 fully saturated rings. The summed E-state index contributed by atoms with van der Waals surface area (Å²) in [5.41, 5.74) is -0.856. The van der Waals surface area contributed by atoms with Crippen molar-refractivity contribution in [3.63, 3.8) is 0 Å². The number of Topliss-reactive ketones (excluding diaryl/α,β-unsaturated/α-hetero) is 1. The molecule has 1 heterocycles. The zero-order valence-corrected chi connectivity index (χ0v) is 11.0. The third-order valence-corrected chi connectivity index (χ3v) is 2.89. The molecule has 0 radical (unpaired) electrons. The largest absolute Gasteiger partial charge is 0.301 e. The zero-order chi connectivity index (χ0) is 16.3. The summed E-state index contributed by atoms with van der Waals surface area (Å²) in [6.07, 6.45) is 0.978. The van der Waals surface area contributed by atoms with Crippen LogP contribution in [0, 0.1) is 20.2 Å². The fraction of sp³-hybridized carbons (Fsp3) is 0.0769. The summed E-state index contributed by atoms with van der Waals surface area (Å²) in [5.74, 6) is -0.488. The average Bonchev–Trinajstić information content (AvgIpc) is 2.49. The molecule has 2 rings (SSSR count). The minimum absolute atomic E-state index is 0.163. The van der Waals surface area contributed by atoms with Crippen molar-refractivity contribution in [2.75, 3.05) is 0 Å². The number of nitro benzene ring substituents is 1. The SMILES string of the molecule is O=C(Cn1cc([N+](=O)[O-])ccc1=O)c1ccc([N+](=O)[O-])cc1. The maximum Gasteiger partial charge on any atom is 0.285 e. The highest BCUT2D eigenvalue weighted by Crippen LogP contribution is 2.13. The smallest absolute Gasteiger partial charge is 0.285 e. The molecule has 0 unspecified atom stereocenters.